The third-order valence-corrected chi connectivity index (χ3v) is 10.5. The highest BCUT2D eigenvalue weighted by atomic mass is 15.0. The zero-order valence-electron chi connectivity index (χ0n) is 30.3. The fourth-order valence-electron chi connectivity index (χ4n) is 7.83. The largest absolute Gasteiger partial charge is 0.208 e. The standard InChI is InChI=1S/C52H32N4/c53-33-34-14-11-19-37(28-34)38-20-12-21-39(29-38)46-31-48-45-27-10-8-25-43(45)47(32-49(48)44-26-9-7-24-42(44)46)40-22-13-23-41(30-40)52-55-50(35-15-3-1-4-16-35)54-51(56-52)36-17-5-2-6-18-36/h1-32H. The molecule has 0 saturated heterocycles. The average Bonchev–Trinajstić information content (AvgIpc) is 3.29. The second-order valence-corrected chi connectivity index (χ2v) is 13.9. The molecule has 0 atom stereocenters. The average molecular weight is 713 g/mol. The van der Waals surface area contributed by atoms with Crippen molar-refractivity contribution in [1.29, 1.82) is 5.26 Å². The monoisotopic (exact) mass is 712 g/mol. The predicted molar refractivity (Wildman–Crippen MR) is 230 cm³/mol. The van der Waals surface area contributed by atoms with Gasteiger partial charge < -0.3 is 0 Å². The van der Waals surface area contributed by atoms with Gasteiger partial charge in [-0.1, -0.05) is 158 Å². The Morgan fingerprint density at radius 1 is 0.286 bits per heavy atom. The van der Waals surface area contributed by atoms with Crippen LogP contribution >= 0.6 is 0 Å². The molecule has 0 N–H and O–H groups in total. The van der Waals surface area contributed by atoms with Gasteiger partial charge in [0, 0.05) is 16.7 Å². The van der Waals surface area contributed by atoms with Crippen molar-refractivity contribution in [1.82, 2.24) is 15.0 Å². The van der Waals surface area contributed by atoms with Crippen LogP contribution in [0.5, 0.6) is 0 Å². The molecule has 4 heteroatoms. The Morgan fingerprint density at radius 2 is 0.661 bits per heavy atom. The summed E-state index contributed by atoms with van der Waals surface area (Å²) >= 11 is 0. The molecule has 10 rings (SSSR count). The molecule has 0 aliphatic rings. The lowest BCUT2D eigenvalue weighted by atomic mass is 9.87. The lowest BCUT2D eigenvalue weighted by molar-refractivity contribution is 1.07. The van der Waals surface area contributed by atoms with Gasteiger partial charge in [-0.25, -0.2) is 15.0 Å². The van der Waals surface area contributed by atoms with Crippen LogP contribution < -0.4 is 0 Å². The van der Waals surface area contributed by atoms with Crippen LogP contribution in [-0.2, 0) is 0 Å². The summed E-state index contributed by atoms with van der Waals surface area (Å²) in [7, 11) is 0. The van der Waals surface area contributed by atoms with Gasteiger partial charge in [0.2, 0.25) is 0 Å². The molecule has 0 aliphatic carbocycles. The second-order valence-electron chi connectivity index (χ2n) is 13.9. The summed E-state index contributed by atoms with van der Waals surface area (Å²) in [6.07, 6.45) is 0. The van der Waals surface area contributed by atoms with Crippen LogP contribution in [0.25, 0.3) is 99.9 Å². The van der Waals surface area contributed by atoms with Crippen molar-refractivity contribution in [3.8, 4) is 73.6 Å². The Morgan fingerprint density at radius 3 is 1.18 bits per heavy atom. The topological polar surface area (TPSA) is 62.5 Å². The van der Waals surface area contributed by atoms with E-state index in [0.29, 0.717) is 23.0 Å². The van der Waals surface area contributed by atoms with Gasteiger partial charge in [-0.2, -0.15) is 5.26 Å². The summed E-state index contributed by atoms with van der Waals surface area (Å²) in [6, 6.07) is 69.5. The van der Waals surface area contributed by atoms with Crippen molar-refractivity contribution in [3.63, 3.8) is 0 Å². The van der Waals surface area contributed by atoms with Crippen LogP contribution in [0.4, 0.5) is 0 Å². The molecule has 0 radical (unpaired) electrons. The van der Waals surface area contributed by atoms with E-state index in [0.717, 1.165) is 44.5 Å². The molecule has 0 spiro atoms. The SMILES string of the molecule is N#Cc1cccc(-c2cccc(-c3cc4c5ccccc5c(-c5cccc(-c6nc(-c7ccccc7)nc(-c7ccccc7)n6)c5)cc4c4ccccc34)c2)c1. The normalized spacial score (nSPS) is 11.2. The van der Waals surface area contributed by atoms with E-state index in [4.69, 9.17) is 15.0 Å². The zero-order chi connectivity index (χ0) is 37.4. The fraction of sp³-hybridized carbons (Fsp3) is 0. The van der Waals surface area contributed by atoms with Gasteiger partial charge in [0.15, 0.2) is 17.5 Å². The van der Waals surface area contributed by atoms with Crippen LogP contribution in [0, 0.1) is 11.3 Å². The molecule has 0 saturated carbocycles. The number of nitrogens with zero attached hydrogens (tertiary/aromatic N) is 4. The van der Waals surface area contributed by atoms with Gasteiger partial charge in [-0.3, -0.25) is 0 Å². The Kier molecular flexibility index (Phi) is 8.17. The Balaban J connectivity index is 1.15. The number of rotatable bonds is 6. The number of benzene rings is 9. The molecule has 0 amide bonds. The van der Waals surface area contributed by atoms with Crippen LogP contribution in [0.1, 0.15) is 5.56 Å². The summed E-state index contributed by atoms with van der Waals surface area (Å²) in [4.78, 5) is 15.0. The summed E-state index contributed by atoms with van der Waals surface area (Å²) in [5.74, 6) is 1.90. The molecule has 260 valence electrons. The minimum absolute atomic E-state index is 0.626. The molecule has 9 aromatic carbocycles. The lowest BCUT2D eigenvalue weighted by Gasteiger charge is -2.17. The number of hydrogen-bond acceptors (Lipinski definition) is 4. The van der Waals surface area contributed by atoms with E-state index in [1.54, 1.807) is 0 Å². The molecule has 0 unspecified atom stereocenters. The Labute approximate surface area is 324 Å². The summed E-state index contributed by atoms with van der Waals surface area (Å²) in [5, 5.41) is 16.7. The third kappa shape index (κ3) is 5.94. The molecule has 4 nitrogen and oxygen atoms in total. The van der Waals surface area contributed by atoms with E-state index in [1.807, 2.05) is 78.9 Å². The molecule has 1 heterocycles. The van der Waals surface area contributed by atoms with Crippen LogP contribution in [0.3, 0.4) is 0 Å². The third-order valence-electron chi connectivity index (χ3n) is 10.5. The number of fused-ring (bicyclic) bond motifs is 5. The molecule has 0 bridgehead atoms. The molecular weight excluding hydrogens is 681 g/mol. The number of hydrogen-bond donors (Lipinski definition) is 0. The van der Waals surface area contributed by atoms with E-state index < -0.39 is 0 Å². The number of aromatic nitrogens is 3. The van der Waals surface area contributed by atoms with Crippen molar-refractivity contribution in [3.05, 3.63) is 200 Å². The highest BCUT2D eigenvalue weighted by Gasteiger charge is 2.17. The molecule has 0 aliphatic heterocycles. The highest BCUT2D eigenvalue weighted by molar-refractivity contribution is 6.24. The lowest BCUT2D eigenvalue weighted by Crippen LogP contribution is -2.00. The van der Waals surface area contributed by atoms with Gasteiger partial charge in [-0.05, 0) is 102 Å². The van der Waals surface area contributed by atoms with Gasteiger partial charge >= 0.3 is 0 Å². The minimum Gasteiger partial charge on any atom is -0.208 e. The maximum atomic E-state index is 9.55. The van der Waals surface area contributed by atoms with E-state index in [2.05, 4.69) is 121 Å². The van der Waals surface area contributed by atoms with Gasteiger partial charge in [-0.15, -0.1) is 0 Å². The van der Waals surface area contributed by atoms with Gasteiger partial charge in [0.05, 0.1) is 11.6 Å². The highest BCUT2D eigenvalue weighted by Crippen LogP contribution is 2.43. The first-order chi connectivity index (χ1) is 27.7. The Hall–Kier alpha value is -7.74. The van der Waals surface area contributed by atoms with Crippen molar-refractivity contribution < 1.29 is 0 Å². The van der Waals surface area contributed by atoms with E-state index >= 15 is 0 Å². The van der Waals surface area contributed by atoms with E-state index in [9.17, 15) is 5.26 Å². The van der Waals surface area contributed by atoms with Gasteiger partial charge in [0.1, 0.15) is 0 Å². The van der Waals surface area contributed by atoms with Crippen LogP contribution in [0.15, 0.2) is 194 Å². The smallest absolute Gasteiger partial charge is 0.164 e. The van der Waals surface area contributed by atoms with Gasteiger partial charge in [0.25, 0.3) is 0 Å². The molecule has 0 fully saturated rings. The molecule has 10 aromatic rings. The summed E-state index contributed by atoms with van der Waals surface area (Å²) < 4.78 is 0. The predicted octanol–water partition coefficient (Wildman–Crippen LogP) is 13.2. The first kappa shape index (κ1) is 32.9. The van der Waals surface area contributed by atoms with Crippen LogP contribution in [0.2, 0.25) is 0 Å². The summed E-state index contributed by atoms with van der Waals surface area (Å²) in [5.41, 5.74) is 10.1. The molecule has 1 aromatic heterocycles. The zero-order valence-corrected chi connectivity index (χ0v) is 30.3. The molecular formula is C52H32N4. The maximum Gasteiger partial charge on any atom is 0.164 e. The number of nitriles is 1. The van der Waals surface area contributed by atoms with Crippen molar-refractivity contribution in [2.45, 2.75) is 0 Å². The minimum atomic E-state index is 0.626. The fourth-order valence-corrected chi connectivity index (χ4v) is 7.83. The van der Waals surface area contributed by atoms with Crippen molar-refractivity contribution in [2.75, 3.05) is 0 Å². The van der Waals surface area contributed by atoms with E-state index in [-0.39, 0.29) is 0 Å². The van der Waals surface area contributed by atoms with Crippen molar-refractivity contribution >= 4 is 32.3 Å². The quantitative estimate of drug-likeness (QED) is 0.161. The van der Waals surface area contributed by atoms with Crippen LogP contribution in [-0.4, -0.2) is 15.0 Å². The van der Waals surface area contributed by atoms with Crippen molar-refractivity contribution in [2.24, 2.45) is 0 Å². The molecule has 56 heavy (non-hydrogen) atoms. The second kappa shape index (κ2) is 13.9. The summed E-state index contributed by atoms with van der Waals surface area (Å²) in [6.45, 7) is 0. The maximum absolute atomic E-state index is 9.55. The van der Waals surface area contributed by atoms with E-state index in [1.165, 1.54) is 37.9 Å². The Bertz CT molecular complexity index is 3090. The first-order valence-electron chi connectivity index (χ1n) is 18.7. The first-order valence-corrected chi connectivity index (χ1v) is 18.7.